The molecule has 144 valence electrons. The van der Waals surface area contributed by atoms with Crippen molar-refractivity contribution in [3.63, 3.8) is 0 Å². The van der Waals surface area contributed by atoms with Gasteiger partial charge in [0, 0.05) is 12.2 Å². The van der Waals surface area contributed by atoms with Crippen LogP contribution in [0.4, 0.5) is 5.69 Å². The van der Waals surface area contributed by atoms with Gasteiger partial charge in [-0.2, -0.15) is 0 Å². The normalized spacial score (nSPS) is 11.0. The molecule has 0 unspecified atom stereocenters. The zero-order valence-electron chi connectivity index (χ0n) is 14.9. The molecule has 0 saturated heterocycles. The number of carbonyl (C=O) groups is 1. The molecule has 3 rings (SSSR count). The zero-order chi connectivity index (χ0) is 20.0. The Kier molecular flexibility index (Phi) is 6.34. The highest BCUT2D eigenvalue weighted by Crippen LogP contribution is 2.23. The Labute approximate surface area is 169 Å². The number of amides is 1. The van der Waals surface area contributed by atoms with Crippen LogP contribution in [-0.2, 0) is 16.4 Å². The third-order valence-corrected chi connectivity index (χ3v) is 5.79. The third-order valence-electron chi connectivity index (χ3n) is 4.06. The number of sulfonamides is 1. The molecule has 0 saturated carbocycles. The van der Waals surface area contributed by atoms with Crippen molar-refractivity contribution in [3.8, 4) is 0 Å². The highest BCUT2D eigenvalue weighted by Gasteiger charge is 2.16. The van der Waals surface area contributed by atoms with Gasteiger partial charge in [-0.1, -0.05) is 60.1 Å². The predicted octanol–water partition coefficient (Wildman–Crippen LogP) is 4.11. The number of halogens is 1. The van der Waals surface area contributed by atoms with Gasteiger partial charge in [-0.3, -0.25) is 9.52 Å². The van der Waals surface area contributed by atoms with Crippen LogP contribution in [0.1, 0.15) is 15.9 Å². The molecule has 5 nitrogen and oxygen atoms in total. The number of hydrogen-bond acceptors (Lipinski definition) is 3. The SMILES string of the molecule is O=C(NCCc1ccccc1)c1cc(NS(=O)(=O)c2ccccc2)ccc1Cl. The standard InChI is InChI=1S/C21H19ClN2O3S/c22-20-12-11-17(24-28(26,27)18-9-5-2-6-10-18)15-19(20)21(25)23-14-13-16-7-3-1-4-8-16/h1-12,15,24H,13-14H2,(H,23,25). The van der Waals surface area contributed by atoms with Crippen LogP contribution in [0.2, 0.25) is 5.02 Å². The Balaban J connectivity index is 1.69. The number of hydrogen-bond donors (Lipinski definition) is 2. The molecular weight excluding hydrogens is 396 g/mol. The van der Waals surface area contributed by atoms with Crippen LogP contribution in [-0.4, -0.2) is 20.9 Å². The van der Waals surface area contributed by atoms with Crippen LogP contribution in [0.3, 0.4) is 0 Å². The summed E-state index contributed by atoms with van der Waals surface area (Å²) < 4.78 is 27.4. The van der Waals surface area contributed by atoms with Gasteiger partial charge >= 0.3 is 0 Å². The van der Waals surface area contributed by atoms with Crippen molar-refractivity contribution >= 4 is 33.2 Å². The minimum Gasteiger partial charge on any atom is -0.352 e. The van der Waals surface area contributed by atoms with Crippen molar-refractivity contribution in [1.29, 1.82) is 0 Å². The molecule has 0 heterocycles. The van der Waals surface area contributed by atoms with Crippen LogP contribution in [0.5, 0.6) is 0 Å². The van der Waals surface area contributed by atoms with Crippen molar-refractivity contribution in [3.05, 3.63) is 95.0 Å². The molecule has 0 aliphatic carbocycles. The van der Waals surface area contributed by atoms with Crippen LogP contribution >= 0.6 is 11.6 Å². The maximum Gasteiger partial charge on any atom is 0.261 e. The lowest BCUT2D eigenvalue weighted by molar-refractivity contribution is 0.0954. The summed E-state index contributed by atoms with van der Waals surface area (Å²) in [6, 6.07) is 22.2. The molecule has 7 heteroatoms. The first kappa shape index (κ1) is 19.9. The first-order chi connectivity index (χ1) is 13.5. The molecule has 0 fully saturated rings. The Morgan fingerprint density at radius 3 is 2.21 bits per heavy atom. The summed E-state index contributed by atoms with van der Waals surface area (Å²) in [4.78, 5) is 12.6. The molecule has 0 aliphatic heterocycles. The number of anilines is 1. The van der Waals surface area contributed by atoms with E-state index >= 15 is 0 Å². The summed E-state index contributed by atoms with van der Waals surface area (Å²) in [5, 5.41) is 3.06. The van der Waals surface area contributed by atoms with Gasteiger partial charge in [0.1, 0.15) is 0 Å². The molecule has 2 N–H and O–H groups in total. The van der Waals surface area contributed by atoms with Gasteiger partial charge in [0.25, 0.3) is 15.9 Å². The predicted molar refractivity (Wildman–Crippen MR) is 111 cm³/mol. The second-order valence-corrected chi connectivity index (χ2v) is 8.19. The van der Waals surface area contributed by atoms with E-state index in [0.717, 1.165) is 5.56 Å². The van der Waals surface area contributed by atoms with Gasteiger partial charge in [0.2, 0.25) is 0 Å². The molecule has 0 radical (unpaired) electrons. The van der Waals surface area contributed by atoms with Crippen LogP contribution in [0.15, 0.2) is 83.8 Å². The summed E-state index contributed by atoms with van der Waals surface area (Å²) in [5.74, 6) is -0.360. The van der Waals surface area contributed by atoms with E-state index in [1.54, 1.807) is 18.2 Å². The van der Waals surface area contributed by atoms with E-state index < -0.39 is 10.0 Å². The molecule has 0 aliphatic rings. The first-order valence-electron chi connectivity index (χ1n) is 8.65. The monoisotopic (exact) mass is 414 g/mol. The van der Waals surface area contributed by atoms with Crippen molar-refractivity contribution in [2.75, 3.05) is 11.3 Å². The van der Waals surface area contributed by atoms with Gasteiger partial charge in [0.05, 0.1) is 15.5 Å². The van der Waals surface area contributed by atoms with Gasteiger partial charge < -0.3 is 5.32 Å². The van der Waals surface area contributed by atoms with E-state index in [2.05, 4.69) is 10.0 Å². The lowest BCUT2D eigenvalue weighted by Gasteiger charge is -2.11. The lowest BCUT2D eigenvalue weighted by atomic mass is 10.1. The van der Waals surface area contributed by atoms with E-state index in [0.29, 0.717) is 13.0 Å². The number of nitrogens with one attached hydrogen (secondary N) is 2. The molecule has 0 bridgehead atoms. The minimum atomic E-state index is -3.75. The molecule has 28 heavy (non-hydrogen) atoms. The van der Waals surface area contributed by atoms with Crippen molar-refractivity contribution in [2.45, 2.75) is 11.3 Å². The van der Waals surface area contributed by atoms with Gasteiger partial charge in [0.15, 0.2) is 0 Å². The van der Waals surface area contributed by atoms with Crippen LogP contribution in [0, 0.1) is 0 Å². The fourth-order valence-electron chi connectivity index (χ4n) is 2.64. The average molecular weight is 415 g/mol. The summed E-state index contributed by atoms with van der Waals surface area (Å²) in [5.41, 5.74) is 1.59. The van der Waals surface area contributed by atoms with Crippen molar-refractivity contribution < 1.29 is 13.2 Å². The van der Waals surface area contributed by atoms with Gasteiger partial charge in [-0.15, -0.1) is 0 Å². The maximum atomic E-state index is 12.5. The van der Waals surface area contributed by atoms with Gasteiger partial charge in [-0.05, 0) is 42.3 Å². The van der Waals surface area contributed by atoms with Crippen molar-refractivity contribution in [1.82, 2.24) is 5.32 Å². The van der Waals surface area contributed by atoms with E-state index in [1.165, 1.54) is 30.3 Å². The second kappa shape index (κ2) is 8.91. The fraction of sp³-hybridized carbons (Fsp3) is 0.0952. The number of rotatable bonds is 7. The van der Waals surface area contributed by atoms with E-state index in [-0.39, 0.29) is 27.1 Å². The topological polar surface area (TPSA) is 75.3 Å². The smallest absolute Gasteiger partial charge is 0.261 e. The summed E-state index contributed by atoms with van der Waals surface area (Å²) in [7, 11) is -3.75. The van der Waals surface area contributed by atoms with Gasteiger partial charge in [-0.25, -0.2) is 8.42 Å². The minimum absolute atomic E-state index is 0.138. The molecule has 0 aromatic heterocycles. The van der Waals surface area contributed by atoms with Crippen molar-refractivity contribution in [2.24, 2.45) is 0 Å². The molecule has 3 aromatic rings. The Morgan fingerprint density at radius 2 is 1.54 bits per heavy atom. The Morgan fingerprint density at radius 1 is 0.893 bits per heavy atom. The average Bonchev–Trinajstić information content (AvgIpc) is 2.70. The zero-order valence-corrected chi connectivity index (χ0v) is 16.5. The summed E-state index contributed by atoms with van der Waals surface area (Å²) in [6.45, 7) is 0.444. The molecule has 1 amide bonds. The quantitative estimate of drug-likeness (QED) is 0.610. The summed E-state index contributed by atoms with van der Waals surface area (Å²) in [6.07, 6.45) is 0.685. The van der Waals surface area contributed by atoms with E-state index in [4.69, 9.17) is 11.6 Å². The van der Waals surface area contributed by atoms with Crippen LogP contribution < -0.4 is 10.0 Å². The molecular formula is C21H19ClN2O3S. The maximum absolute atomic E-state index is 12.5. The molecule has 0 atom stereocenters. The van der Waals surface area contributed by atoms with Crippen LogP contribution in [0.25, 0.3) is 0 Å². The second-order valence-electron chi connectivity index (χ2n) is 6.10. The van der Waals surface area contributed by atoms with E-state index in [9.17, 15) is 13.2 Å². The lowest BCUT2D eigenvalue weighted by Crippen LogP contribution is -2.26. The highest BCUT2D eigenvalue weighted by atomic mass is 35.5. The number of carbonyl (C=O) groups excluding carboxylic acids is 1. The third kappa shape index (κ3) is 5.12. The fourth-order valence-corrected chi connectivity index (χ4v) is 3.91. The number of benzene rings is 3. The largest absolute Gasteiger partial charge is 0.352 e. The Hall–Kier alpha value is -2.83. The Bertz CT molecular complexity index is 1060. The first-order valence-corrected chi connectivity index (χ1v) is 10.5. The molecule has 0 spiro atoms. The molecule has 3 aromatic carbocycles. The summed E-state index contributed by atoms with van der Waals surface area (Å²) >= 11 is 6.14. The van der Waals surface area contributed by atoms with E-state index in [1.807, 2.05) is 30.3 Å². The highest BCUT2D eigenvalue weighted by molar-refractivity contribution is 7.92.